The van der Waals surface area contributed by atoms with Gasteiger partial charge in [-0.25, -0.2) is 5.01 Å². The zero-order chi connectivity index (χ0) is 20.1. The number of amidine groups is 1. The summed E-state index contributed by atoms with van der Waals surface area (Å²) in [7, 11) is -0.693. The summed E-state index contributed by atoms with van der Waals surface area (Å²) in [6.07, 6.45) is 1.71. The van der Waals surface area contributed by atoms with E-state index in [9.17, 15) is 8.42 Å². The molecule has 0 saturated carbocycles. The van der Waals surface area contributed by atoms with E-state index < -0.39 is 10.0 Å². The maximum atomic E-state index is 12.3. The van der Waals surface area contributed by atoms with Gasteiger partial charge < -0.3 is 9.47 Å². The van der Waals surface area contributed by atoms with Crippen LogP contribution in [0.5, 0.6) is 11.5 Å². The van der Waals surface area contributed by atoms with Crippen LogP contribution in [0.1, 0.15) is 17.5 Å². The van der Waals surface area contributed by atoms with E-state index in [1.54, 1.807) is 49.7 Å². The van der Waals surface area contributed by atoms with Crippen molar-refractivity contribution < 1.29 is 17.9 Å². The van der Waals surface area contributed by atoms with Crippen LogP contribution in [0, 0.1) is 11.3 Å². The van der Waals surface area contributed by atoms with Crippen molar-refractivity contribution in [3.63, 3.8) is 0 Å². The topological polar surface area (TPSA) is 104 Å². The van der Waals surface area contributed by atoms with Gasteiger partial charge in [-0.1, -0.05) is 12.1 Å². The molecule has 144 valence electrons. The summed E-state index contributed by atoms with van der Waals surface area (Å²) in [5.74, 6) is 1.32. The summed E-state index contributed by atoms with van der Waals surface area (Å²) in [5.41, 5.74) is 1.18. The Labute approximate surface area is 163 Å². The monoisotopic (exact) mass is 398 g/mol. The molecule has 0 saturated heterocycles. The first-order valence-corrected chi connectivity index (χ1v) is 9.79. The minimum absolute atomic E-state index is 0.133. The lowest BCUT2D eigenvalue weighted by atomic mass is 10.2. The zero-order valence-corrected chi connectivity index (χ0v) is 16.2. The molecule has 2 aromatic carbocycles. The van der Waals surface area contributed by atoms with Gasteiger partial charge in [-0.15, -0.1) is 4.40 Å². The lowest BCUT2D eigenvalue weighted by molar-refractivity contribution is 0.355. The molecule has 0 bridgehead atoms. The molecule has 0 N–H and O–H groups in total. The van der Waals surface area contributed by atoms with Crippen molar-refractivity contribution in [2.24, 2.45) is 9.50 Å². The van der Waals surface area contributed by atoms with E-state index in [-0.39, 0.29) is 23.7 Å². The van der Waals surface area contributed by atoms with Crippen LogP contribution < -0.4 is 9.47 Å². The van der Waals surface area contributed by atoms with Crippen molar-refractivity contribution in [3.8, 4) is 17.6 Å². The summed E-state index contributed by atoms with van der Waals surface area (Å²) >= 11 is 0. The molecule has 0 radical (unpaired) electrons. The van der Waals surface area contributed by atoms with Gasteiger partial charge in [0.15, 0.2) is 17.3 Å². The Morgan fingerprint density at radius 2 is 1.93 bits per heavy atom. The van der Waals surface area contributed by atoms with Gasteiger partial charge >= 0.3 is 0 Å². The minimum atomic E-state index is -3.77. The predicted octanol–water partition coefficient (Wildman–Crippen LogP) is 2.40. The molecule has 3 rings (SSSR count). The summed E-state index contributed by atoms with van der Waals surface area (Å²) in [6.45, 7) is 0.197. The highest BCUT2D eigenvalue weighted by molar-refractivity contribution is 7.90. The van der Waals surface area contributed by atoms with E-state index >= 15 is 0 Å². The molecule has 28 heavy (non-hydrogen) atoms. The number of benzene rings is 2. The fourth-order valence-corrected chi connectivity index (χ4v) is 3.92. The third kappa shape index (κ3) is 3.82. The molecular formula is C19H18N4O4S. The number of rotatable bonds is 6. The average molecular weight is 398 g/mol. The number of methoxy groups -OCH3 is 2. The molecule has 0 aromatic heterocycles. The van der Waals surface area contributed by atoms with Crippen LogP contribution in [0.25, 0.3) is 0 Å². The third-order valence-electron chi connectivity index (χ3n) is 4.05. The number of hydrazone groups is 1. The normalized spacial score (nSPS) is 14.2. The molecule has 0 amide bonds. The summed E-state index contributed by atoms with van der Waals surface area (Å²) in [4.78, 5) is 0.133. The number of sulfonamides is 1. The van der Waals surface area contributed by atoms with Crippen LogP contribution in [-0.2, 0) is 10.0 Å². The van der Waals surface area contributed by atoms with E-state index in [0.717, 1.165) is 0 Å². The second-order valence-corrected chi connectivity index (χ2v) is 7.35. The van der Waals surface area contributed by atoms with Gasteiger partial charge in [0.05, 0.1) is 39.5 Å². The van der Waals surface area contributed by atoms with E-state index in [2.05, 4.69) is 9.50 Å². The minimum Gasteiger partial charge on any atom is -0.493 e. The fraction of sp³-hybridized carbons (Fsp3) is 0.211. The van der Waals surface area contributed by atoms with Crippen molar-refractivity contribution in [2.45, 2.75) is 11.3 Å². The molecule has 0 spiro atoms. The molecule has 1 aliphatic rings. The Kier molecular flexibility index (Phi) is 5.61. The van der Waals surface area contributed by atoms with Gasteiger partial charge in [-0.3, -0.25) is 0 Å². The maximum Gasteiger partial charge on any atom is 0.285 e. The number of nitriles is 1. The Morgan fingerprint density at radius 1 is 1.18 bits per heavy atom. The number of nitrogens with zero attached hydrogens (tertiary/aromatic N) is 4. The average Bonchev–Trinajstić information content (AvgIpc) is 2.99. The van der Waals surface area contributed by atoms with Crippen molar-refractivity contribution >= 4 is 22.1 Å². The van der Waals surface area contributed by atoms with E-state index in [0.29, 0.717) is 22.6 Å². The molecular weight excluding hydrogens is 380 g/mol. The van der Waals surface area contributed by atoms with Crippen molar-refractivity contribution in [1.29, 1.82) is 5.26 Å². The summed E-state index contributed by atoms with van der Waals surface area (Å²) in [6, 6.07) is 13.9. The Hall–Kier alpha value is -3.38. The molecule has 1 aliphatic heterocycles. The van der Waals surface area contributed by atoms with Gasteiger partial charge in [0.2, 0.25) is 0 Å². The number of hydrogen-bond acceptors (Lipinski definition) is 7. The molecule has 2 aromatic rings. The molecule has 0 atom stereocenters. The number of ether oxygens (including phenoxy) is 2. The highest BCUT2D eigenvalue weighted by atomic mass is 32.2. The van der Waals surface area contributed by atoms with Crippen LogP contribution in [-0.4, -0.2) is 46.2 Å². The van der Waals surface area contributed by atoms with Crippen LogP contribution in [0.15, 0.2) is 56.9 Å². The highest BCUT2D eigenvalue weighted by Gasteiger charge is 2.31. The Morgan fingerprint density at radius 3 is 2.64 bits per heavy atom. The molecule has 0 aliphatic carbocycles. The van der Waals surface area contributed by atoms with Crippen LogP contribution in [0.2, 0.25) is 0 Å². The molecule has 0 unspecified atom stereocenters. The lowest BCUT2D eigenvalue weighted by Gasteiger charge is -2.17. The number of hydrogen-bond donors (Lipinski definition) is 0. The first-order valence-electron chi connectivity index (χ1n) is 8.35. The number of fused-ring (bicyclic) bond motifs is 1. The largest absolute Gasteiger partial charge is 0.493 e. The van der Waals surface area contributed by atoms with E-state index in [1.807, 2.05) is 6.07 Å². The Balaban J connectivity index is 1.97. The smallest absolute Gasteiger partial charge is 0.285 e. The molecule has 8 nitrogen and oxygen atoms in total. The second kappa shape index (κ2) is 8.10. The lowest BCUT2D eigenvalue weighted by Crippen LogP contribution is -2.27. The standard InChI is InChI=1S/C19H18N4O4S/c1-26-16-9-8-14(12-17(16)27-2)13-21-23(11-5-10-20)19-15-6-3-4-7-18(15)28(24,25)22-19/h3-4,6-9,12-13H,5,11H2,1-2H3/b21-13-. The fourth-order valence-electron chi connectivity index (χ4n) is 2.72. The quantitative estimate of drug-likeness (QED) is 0.547. The predicted molar refractivity (Wildman–Crippen MR) is 104 cm³/mol. The van der Waals surface area contributed by atoms with Crippen LogP contribution in [0.4, 0.5) is 0 Å². The van der Waals surface area contributed by atoms with Gasteiger partial charge in [0, 0.05) is 5.56 Å². The maximum absolute atomic E-state index is 12.3. The first kappa shape index (κ1) is 19.4. The molecule has 0 fully saturated rings. The second-order valence-electron chi connectivity index (χ2n) is 5.78. The van der Waals surface area contributed by atoms with Crippen LogP contribution in [0.3, 0.4) is 0 Å². The first-order chi connectivity index (χ1) is 13.5. The van der Waals surface area contributed by atoms with Crippen LogP contribution >= 0.6 is 0 Å². The van der Waals surface area contributed by atoms with Gasteiger partial charge in [-0.2, -0.15) is 18.8 Å². The van der Waals surface area contributed by atoms with Crippen molar-refractivity contribution in [3.05, 3.63) is 53.6 Å². The van der Waals surface area contributed by atoms with Gasteiger partial charge in [0.1, 0.15) is 4.90 Å². The van der Waals surface area contributed by atoms with Gasteiger partial charge in [0.25, 0.3) is 10.0 Å². The van der Waals surface area contributed by atoms with E-state index in [1.165, 1.54) is 18.2 Å². The van der Waals surface area contributed by atoms with Crippen molar-refractivity contribution in [2.75, 3.05) is 20.8 Å². The molecule has 9 heteroatoms. The van der Waals surface area contributed by atoms with Gasteiger partial charge in [-0.05, 0) is 35.9 Å². The Bertz CT molecular complexity index is 1090. The van der Waals surface area contributed by atoms with Crippen molar-refractivity contribution in [1.82, 2.24) is 5.01 Å². The zero-order valence-electron chi connectivity index (χ0n) is 15.4. The molecule has 1 heterocycles. The third-order valence-corrected chi connectivity index (χ3v) is 5.37. The SMILES string of the molecule is COc1ccc(/C=N\N(CCC#N)C2=NS(=O)(=O)c3ccccc32)cc1OC. The summed E-state index contributed by atoms with van der Waals surface area (Å²) < 4.78 is 39.0. The summed E-state index contributed by atoms with van der Waals surface area (Å²) in [5, 5.41) is 14.7. The van der Waals surface area contributed by atoms with E-state index in [4.69, 9.17) is 14.7 Å². The highest BCUT2D eigenvalue weighted by Crippen LogP contribution is 2.29.